The molecular formula is C19H24N2. The Bertz CT molecular complexity index is 499. The van der Waals surface area contributed by atoms with Crippen molar-refractivity contribution in [1.29, 1.82) is 0 Å². The van der Waals surface area contributed by atoms with E-state index in [9.17, 15) is 0 Å². The molecule has 110 valence electrons. The van der Waals surface area contributed by atoms with Gasteiger partial charge in [0.25, 0.3) is 0 Å². The van der Waals surface area contributed by atoms with Gasteiger partial charge in [-0.1, -0.05) is 67.1 Å². The lowest BCUT2D eigenvalue weighted by Gasteiger charge is -2.27. The van der Waals surface area contributed by atoms with Crippen LogP contribution in [0, 0.1) is 5.92 Å². The highest BCUT2D eigenvalue weighted by atomic mass is 15.0. The standard InChI is InChI=1S/C19H24N2/c20-14-17-12-7-13-18(17)21-19(15-8-3-1-4-9-15)16-10-5-2-6-11-16/h1-6,8-11,17-19,21H,7,12-14,20H2. The number of hydrogen-bond donors (Lipinski definition) is 2. The van der Waals surface area contributed by atoms with Crippen molar-refractivity contribution in [3.8, 4) is 0 Å². The number of hydrogen-bond acceptors (Lipinski definition) is 2. The normalized spacial score (nSPS) is 21.8. The van der Waals surface area contributed by atoms with E-state index in [1.54, 1.807) is 0 Å². The van der Waals surface area contributed by atoms with E-state index in [1.165, 1.54) is 30.4 Å². The summed E-state index contributed by atoms with van der Waals surface area (Å²) in [6.45, 7) is 0.786. The van der Waals surface area contributed by atoms with Gasteiger partial charge in [0, 0.05) is 6.04 Å². The summed E-state index contributed by atoms with van der Waals surface area (Å²) in [6, 6.07) is 22.2. The summed E-state index contributed by atoms with van der Waals surface area (Å²) in [4.78, 5) is 0. The fraction of sp³-hybridized carbons (Fsp3) is 0.368. The van der Waals surface area contributed by atoms with E-state index in [-0.39, 0.29) is 6.04 Å². The smallest absolute Gasteiger partial charge is 0.0578 e. The van der Waals surface area contributed by atoms with Crippen LogP contribution in [-0.4, -0.2) is 12.6 Å². The van der Waals surface area contributed by atoms with Gasteiger partial charge in [-0.05, 0) is 36.4 Å². The summed E-state index contributed by atoms with van der Waals surface area (Å²) in [5.41, 5.74) is 8.59. The molecule has 2 aromatic rings. The Morgan fingerprint density at radius 2 is 1.48 bits per heavy atom. The Hall–Kier alpha value is -1.64. The molecule has 3 N–H and O–H groups in total. The molecule has 2 nitrogen and oxygen atoms in total. The van der Waals surface area contributed by atoms with Gasteiger partial charge in [0.1, 0.15) is 0 Å². The van der Waals surface area contributed by atoms with Crippen molar-refractivity contribution in [3.05, 3.63) is 71.8 Å². The Kier molecular flexibility index (Phi) is 4.69. The van der Waals surface area contributed by atoms with Gasteiger partial charge in [0.15, 0.2) is 0 Å². The zero-order chi connectivity index (χ0) is 14.5. The molecule has 1 aliphatic carbocycles. The van der Waals surface area contributed by atoms with E-state index >= 15 is 0 Å². The first-order chi connectivity index (χ1) is 10.4. The van der Waals surface area contributed by atoms with Gasteiger partial charge in [0.2, 0.25) is 0 Å². The van der Waals surface area contributed by atoms with Gasteiger partial charge in [-0.2, -0.15) is 0 Å². The Morgan fingerprint density at radius 3 is 2.00 bits per heavy atom. The van der Waals surface area contributed by atoms with Gasteiger partial charge in [-0.15, -0.1) is 0 Å². The molecule has 0 heterocycles. The largest absolute Gasteiger partial charge is 0.330 e. The average molecular weight is 280 g/mol. The molecule has 3 rings (SSSR count). The zero-order valence-corrected chi connectivity index (χ0v) is 12.4. The van der Waals surface area contributed by atoms with Crippen LogP contribution in [0.1, 0.15) is 36.4 Å². The monoisotopic (exact) mass is 280 g/mol. The third-order valence-corrected chi connectivity index (χ3v) is 4.61. The second kappa shape index (κ2) is 6.88. The second-order valence-electron chi connectivity index (χ2n) is 5.95. The highest BCUT2D eigenvalue weighted by Gasteiger charge is 2.28. The highest BCUT2D eigenvalue weighted by Crippen LogP contribution is 2.30. The van der Waals surface area contributed by atoms with Crippen molar-refractivity contribution >= 4 is 0 Å². The van der Waals surface area contributed by atoms with Gasteiger partial charge >= 0.3 is 0 Å². The molecule has 0 aromatic heterocycles. The minimum Gasteiger partial charge on any atom is -0.330 e. The lowest BCUT2D eigenvalue weighted by molar-refractivity contribution is 0.383. The van der Waals surface area contributed by atoms with E-state index in [0.29, 0.717) is 12.0 Å². The van der Waals surface area contributed by atoms with Crippen molar-refractivity contribution in [2.75, 3.05) is 6.54 Å². The summed E-state index contributed by atoms with van der Waals surface area (Å²) in [6.07, 6.45) is 3.78. The Labute approximate surface area is 127 Å². The van der Waals surface area contributed by atoms with Crippen LogP contribution in [0.25, 0.3) is 0 Å². The molecule has 2 aromatic carbocycles. The molecular weight excluding hydrogens is 256 g/mol. The van der Waals surface area contributed by atoms with E-state index in [4.69, 9.17) is 5.73 Å². The predicted molar refractivity (Wildman–Crippen MR) is 88.0 cm³/mol. The number of nitrogens with one attached hydrogen (secondary N) is 1. The number of nitrogens with two attached hydrogens (primary N) is 1. The van der Waals surface area contributed by atoms with Crippen molar-refractivity contribution in [2.45, 2.75) is 31.3 Å². The summed E-state index contributed by atoms with van der Waals surface area (Å²) >= 11 is 0. The van der Waals surface area contributed by atoms with Gasteiger partial charge in [0.05, 0.1) is 6.04 Å². The van der Waals surface area contributed by atoms with E-state index in [2.05, 4.69) is 66.0 Å². The molecule has 2 atom stereocenters. The summed E-state index contributed by atoms with van der Waals surface area (Å²) in [7, 11) is 0. The van der Waals surface area contributed by atoms with Crippen molar-refractivity contribution < 1.29 is 0 Å². The van der Waals surface area contributed by atoms with E-state index in [0.717, 1.165) is 6.54 Å². The SMILES string of the molecule is NCC1CCCC1NC(c1ccccc1)c1ccccc1. The van der Waals surface area contributed by atoms with Crippen LogP contribution in [0.5, 0.6) is 0 Å². The van der Waals surface area contributed by atoms with Crippen LogP contribution in [0.2, 0.25) is 0 Å². The fourth-order valence-corrected chi connectivity index (χ4v) is 3.43. The molecule has 0 bridgehead atoms. The maximum atomic E-state index is 5.94. The number of benzene rings is 2. The summed E-state index contributed by atoms with van der Waals surface area (Å²) in [5, 5.41) is 3.87. The lowest BCUT2D eigenvalue weighted by atomic mass is 9.95. The van der Waals surface area contributed by atoms with Crippen molar-refractivity contribution in [2.24, 2.45) is 11.7 Å². The highest BCUT2D eigenvalue weighted by molar-refractivity contribution is 5.31. The maximum absolute atomic E-state index is 5.94. The lowest BCUT2D eigenvalue weighted by Crippen LogP contribution is -2.38. The summed E-state index contributed by atoms with van der Waals surface area (Å²) < 4.78 is 0. The van der Waals surface area contributed by atoms with Crippen LogP contribution in [0.3, 0.4) is 0 Å². The molecule has 0 radical (unpaired) electrons. The first-order valence-electron chi connectivity index (χ1n) is 7.94. The molecule has 21 heavy (non-hydrogen) atoms. The molecule has 2 heteroatoms. The minimum absolute atomic E-state index is 0.254. The van der Waals surface area contributed by atoms with Gasteiger partial charge < -0.3 is 11.1 Å². The minimum atomic E-state index is 0.254. The predicted octanol–water partition coefficient (Wildman–Crippen LogP) is 3.49. The van der Waals surface area contributed by atoms with Crippen molar-refractivity contribution in [1.82, 2.24) is 5.32 Å². The van der Waals surface area contributed by atoms with Gasteiger partial charge in [-0.25, -0.2) is 0 Å². The molecule has 0 amide bonds. The zero-order valence-electron chi connectivity index (χ0n) is 12.4. The Balaban J connectivity index is 1.86. The summed E-state index contributed by atoms with van der Waals surface area (Å²) in [5.74, 6) is 0.611. The van der Waals surface area contributed by atoms with Crippen LogP contribution in [0.15, 0.2) is 60.7 Å². The van der Waals surface area contributed by atoms with Crippen LogP contribution in [0.4, 0.5) is 0 Å². The molecule has 2 unspecified atom stereocenters. The molecule has 1 aliphatic rings. The molecule has 0 aliphatic heterocycles. The Morgan fingerprint density at radius 1 is 0.905 bits per heavy atom. The molecule has 0 saturated heterocycles. The van der Waals surface area contributed by atoms with Crippen LogP contribution in [-0.2, 0) is 0 Å². The maximum Gasteiger partial charge on any atom is 0.0578 e. The topological polar surface area (TPSA) is 38.0 Å². The third-order valence-electron chi connectivity index (χ3n) is 4.61. The molecule has 1 saturated carbocycles. The van der Waals surface area contributed by atoms with Crippen LogP contribution >= 0.6 is 0 Å². The molecule has 1 fully saturated rings. The molecule has 0 spiro atoms. The first-order valence-corrected chi connectivity index (χ1v) is 7.94. The van der Waals surface area contributed by atoms with E-state index in [1.807, 2.05) is 0 Å². The van der Waals surface area contributed by atoms with Gasteiger partial charge in [-0.3, -0.25) is 0 Å². The van der Waals surface area contributed by atoms with Crippen molar-refractivity contribution in [3.63, 3.8) is 0 Å². The van der Waals surface area contributed by atoms with Crippen LogP contribution < -0.4 is 11.1 Å². The second-order valence-corrected chi connectivity index (χ2v) is 5.95. The third kappa shape index (κ3) is 3.34. The van der Waals surface area contributed by atoms with E-state index < -0.39 is 0 Å². The fourth-order valence-electron chi connectivity index (χ4n) is 3.43. The average Bonchev–Trinajstić information content (AvgIpc) is 3.01. The first kappa shape index (κ1) is 14.3. The quantitative estimate of drug-likeness (QED) is 0.880. The number of rotatable bonds is 5.